The predicted octanol–water partition coefficient (Wildman–Crippen LogP) is 5.35. The van der Waals surface area contributed by atoms with Crippen molar-refractivity contribution in [2.24, 2.45) is 5.73 Å². The molecule has 5 heteroatoms. The van der Waals surface area contributed by atoms with E-state index < -0.39 is 6.04 Å². The van der Waals surface area contributed by atoms with Gasteiger partial charge in [0.1, 0.15) is 0 Å². The second-order valence-electron chi connectivity index (χ2n) is 7.20. The van der Waals surface area contributed by atoms with Crippen molar-refractivity contribution in [2.75, 3.05) is 5.32 Å². The molecule has 0 saturated heterocycles. The molecule has 30 heavy (non-hydrogen) atoms. The number of nitrogens with zero attached hydrogens (tertiary/aromatic N) is 1. The monoisotopic (exact) mass is 413 g/mol. The number of nitrogens with one attached hydrogen (secondary N) is 1. The number of hydrogen-bond acceptors (Lipinski definition) is 4. The van der Waals surface area contributed by atoms with E-state index in [2.05, 4.69) is 66.0 Å². The quantitative estimate of drug-likeness (QED) is 0.447. The molecule has 0 radical (unpaired) electrons. The molecule has 1 atom stereocenters. The molecular weight excluding hydrogens is 390 g/mol. The van der Waals surface area contributed by atoms with Crippen molar-refractivity contribution in [1.29, 1.82) is 0 Å². The van der Waals surface area contributed by atoms with Gasteiger partial charge in [-0.1, -0.05) is 96.3 Å². The molecule has 0 aliphatic carbocycles. The summed E-state index contributed by atoms with van der Waals surface area (Å²) in [5, 5.41) is 3.38. The van der Waals surface area contributed by atoms with Gasteiger partial charge in [-0.2, -0.15) is 0 Å². The van der Waals surface area contributed by atoms with Crippen molar-refractivity contribution < 1.29 is 4.79 Å². The third-order valence-electron chi connectivity index (χ3n) is 4.79. The number of rotatable bonds is 6. The van der Waals surface area contributed by atoms with Gasteiger partial charge in [-0.3, -0.25) is 4.79 Å². The van der Waals surface area contributed by atoms with E-state index in [9.17, 15) is 4.79 Å². The maximum atomic E-state index is 12.1. The van der Waals surface area contributed by atoms with E-state index in [-0.39, 0.29) is 5.91 Å². The number of carbonyl (C=O) groups is 1. The highest BCUT2D eigenvalue weighted by molar-refractivity contribution is 7.19. The fourth-order valence-electron chi connectivity index (χ4n) is 3.19. The Kier molecular flexibility index (Phi) is 6.02. The number of anilines is 1. The average molecular weight is 414 g/mol. The fraction of sp³-hybridized carbons (Fsp3) is 0.120. The van der Waals surface area contributed by atoms with E-state index in [1.807, 2.05) is 24.3 Å². The molecule has 1 aromatic heterocycles. The van der Waals surface area contributed by atoms with Crippen LogP contribution in [0.3, 0.4) is 0 Å². The first kappa shape index (κ1) is 20.0. The van der Waals surface area contributed by atoms with Crippen molar-refractivity contribution in [1.82, 2.24) is 4.98 Å². The highest BCUT2D eigenvalue weighted by Crippen LogP contribution is 2.39. The normalized spacial score (nSPS) is 11.8. The van der Waals surface area contributed by atoms with E-state index in [0.29, 0.717) is 5.13 Å². The van der Waals surface area contributed by atoms with Gasteiger partial charge in [0.05, 0.1) is 16.6 Å². The van der Waals surface area contributed by atoms with Gasteiger partial charge in [-0.05, 0) is 30.0 Å². The smallest absolute Gasteiger partial charge is 0.242 e. The number of carbonyl (C=O) groups excluding carboxylic acids is 1. The molecule has 1 unspecified atom stereocenters. The SMILES string of the molecule is CC(N)C(=O)Nc1nc(-c2ccc(Cc3ccccc3)cc2)c(-c2ccccc2)s1. The third kappa shape index (κ3) is 4.64. The van der Waals surface area contributed by atoms with Crippen LogP contribution in [-0.4, -0.2) is 16.9 Å². The minimum atomic E-state index is -0.588. The van der Waals surface area contributed by atoms with Crippen LogP contribution < -0.4 is 11.1 Å². The number of hydrogen-bond donors (Lipinski definition) is 2. The lowest BCUT2D eigenvalue weighted by Crippen LogP contribution is -2.32. The molecular formula is C25H23N3OS. The Morgan fingerprint density at radius 3 is 2.13 bits per heavy atom. The molecule has 4 aromatic rings. The Labute approximate surface area is 180 Å². The van der Waals surface area contributed by atoms with E-state index in [1.54, 1.807) is 6.92 Å². The Bertz CT molecular complexity index is 1120. The van der Waals surface area contributed by atoms with Crippen molar-refractivity contribution in [3.8, 4) is 21.7 Å². The summed E-state index contributed by atoms with van der Waals surface area (Å²) in [6.07, 6.45) is 0.888. The van der Waals surface area contributed by atoms with Crippen LogP contribution in [0.2, 0.25) is 0 Å². The van der Waals surface area contributed by atoms with Crippen LogP contribution in [0.15, 0.2) is 84.9 Å². The summed E-state index contributed by atoms with van der Waals surface area (Å²) in [4.78, 5) is 17.8. The highest BCUT2D eigenvalue weighted by Gasteiger charge is 2.17. The Morgan fingerprint density at radius 1 is 0.900 bits per heavy atom. The largest absolute Gasteiger partial charge is 0.320 e. The summed E-state index contributed by atoms with van der Waals surface area (Å²) < 4.78 is 0. The van der Waals surface area contributed by atoms with Crippen molar-refractivity contribution in [3.63, 3.8) is 0 Å². The zero-order valence-electron chi connectivity index (χ0n) is 16.7. The maximum absolute atomic E-state index is 12.1. The molecule has 1 heterocycles. The number of amides is 1. The number of nitrogens with two attached hydrogens (primary N) is 1. The molecule has 0 saturated carbocycles. The lowest BCUT2D eigenvalue weighted by atomic mass is 10.0. The molecule has 3 aromatic carbocycles. The zero-order chi connectivity index (χ0) is 20.9. The minimum Gasteiger partial charge on any atom is -0.320 e. The molecule has 0 bridgehead atoms. The summed E-state index contributed by atoms with van der Waals surface area (Å²) in [6, 6.07) is 28.4. The second kappa shape index (κ2) is 9.03. The van der Waals surface area contributed by atoms with Crippen LogP contribution in [0.1, 0.15) is 18.1 Å². The standard InChI is InChI=1S/C25H23N3OS/c1-17(26)24(29)28-25-27-22(23(30-25)21-10-6-3-7-11-21)20-14-12-19(13-15-20)16-18-8-4-2-5-9-18/h2-15,17H,16,26H2,1H3,(H,27,28,29). The molecule has 0 spiro atoms. The van der Waals surface area contributed by atoms with Crippen LogP contribution in [-0.2, 0) is 11.2 Å². The van der Waals surface area contributed by atoms with Crippen molar-refractivity contribution in [2.45, 2.75) is 19.4 Å². The van der Waals surface area contributed by atoms with Crippen molar-refractivity contribution >= 4 is 22.4 Å². The van der Waals surface area contributed by atoms with Gasteiger partial charge in [0.15, 0.2) is 5.13 Å². The first-order valence-corrected chi connectivity index (χ1v) is 10.7. The van der Waals surface area contributed by atoms with Crippen LogP contribution >= 0.6 is 11.3 Å². The predicted molar refractivity (Wildman–Crippen MR) is 125 cm³/mol. The summed E-state index contributed by atoms with van der Waals surface area (Å²) >= 11 is 1.46. The topological polar surface area (TPSA) is 68.0 Å². The molecule has 0 aliphatic rings. The Morgan fingerprint density at radius 2 is 1.50 bits per heavy atom. The lowest BCUT2D eigenvalue weighted by Gasteiger charge is -2.06. The molecule has 0 aliphatic heterocycles. The van der Waals surface area contributed by atoms with Gasteiger partial charge in [-0.15, -0.1) is 0 Å². The number of benzene rings is 3. The maximum Gasteiger partial charge on any atom is 0.242 e. The minimum absolute atomic E-state index is 0.242. The van der Waals surface area contributed by atoms with Crippen molar-refractivity contribution in [3.05, 3.63) is 96.1 Å². The summed E-state index contributed by atoms with van der Waals surface area (Å²) in [5.74, 6) is -0.242. The van der Waals surface area contributed by atoms with Gasteiger partial charge in [-0.25, -0.2) is 4.98 Å². The first-order chi connectivity index (χ1) is 14.6. The third-order valence-corrected chi connectivity index (χ3v) is 5.81. The van der Waals surface area contributed by atoms with Crippen LogP contribution in [0.5, 0.6) is 0 Å². The van der Waals surface area contributed by atoms with E-state index in [1.165, 1.54) is 22.5 Å². The summed E-state index contributed by atoms with van der Waals surface area (Å²) in [5.41, 5.74) is 11.2. The van der Waals surface area contributed by atoms with Gasteiger partial charge >= 0.3 is 0 Å². The summed E-state index contributed by atoms with van der Waals surface area (Å²) in [7, 11) is 0. The average Bonchev–Trinajstić information content (AvgIpc) is 3.19. The van der Waals surface area contributed by atoms with Gasteiger partial charge in [0.2, 0.25) is 5.91 Å². The van der Waals surface area contributed by atoms with E-state index in [0.717, 1.165) is 28.1 Å². The second-order valence-corrected chi connectivity index (χ2v) is 8.20. The summed E-state index contributed by atoms with van der Waals surface area (Å²) in [6.45, 7) is 1.66. The molecule has 1 amide bonds. The zero-order valence-corrected chi connectivity index (χ0v) is 17.5. The number of thiazole rings is 1. The Balaban J connectivity index is 1.66. The van der Waals surface area contributed by atoms with E-state index in [4.69, 9.17) is 10.7 Å². The van der Waals surface area contributed by atoms with Gasteiger partial charge < -0.3 is 11.1 Å². The van der Waals surface area contributed by atoms with Crippen LogP contribution in [0.4, 0.5) is 5.13 Å². The fourth-order valence-corrected chi connectivity index (χ4v) is 4.18. The molecule has 150 valence electrons. The first-order valence-electron chi connectivity index (χ1n) is 9.86. The number of aromatic nitrogens is 1. The van der Waals surface area contributed by atoms with Crippen LogP contribution in [0.25, 0.3) is 21.7 Å². The Hall–Kier alpha value is -3.28. The van der Waals surface area contributed by atoms with Gasteiger partial charge in [0, 0.05) is 5.56 Å². The highest BCUT2D eigenvalue weighted by atomic mass is 32.1. The van der Waals surface area contributed by atoms with E-state index >= 15 is 0 Å². The molecule has 4 rings (SSSR count). The van der Waals surface area contributed by atoms with Gasteiger partial charge in [0.25, 0.3) is 0 Å². The van der Waals surface area contributed by atoms with Crippen LogP contribution in [0, 0.1) is 0 Å². The molecule has 0 fully saturated rings. The lowest BCUT2D eigenvalue weighted by molar-refractivity contribution is -0.117. The molecule has 3 N–H and O–H groups in total. The molecule has 4 nitrogen and oxygen atoms in total.